The van der Waals surface area contributed by atoms with Crippen LogP contribution in [0.5, 0.6) is 17.2 Å². The zero-order valence-corrected chi connectivity index (χ0v) is 22.6. The van der Waals surface area contributed by atoms with Crippen LogP contribution in [0.25, 0.3) is 10.8 Å². The van der Waals surface area contributed by atoms with Crippen molar-refractivity contribution in [3.8, 4) is 17.2 Å². The van der Waals surface area contributed by atoms with Crippen LogP contribution < -0.4 is 20.1 Å². The lowest BCUT2D eigenvalue weighted by Crippen LogP contribution is -2.35. The highest BCUT2D eigenvalue weighted by Crippen LogP contribution is 2.42. The van der Waals surface area contributed by atoms with Gasteiger partial charge in [0.25, 0.3) is 0 Å². The summed E-state index contributed by atoms with van der Waals surface area (Å²) in [5.41, 5.74) is 2.44. The molecule has 0 spiro atoms. The predicted octanol–water partition coefficient (Wildman–Crippen LogP) is 6.26. The van der Waals surface area contributed by atoms with Gasteiger partial charge in [-0.05, 0) is 60.2 Å². The summed E-state index contributed by atoms with van der Waals surface area (Å²) in [7, 11) is -2.35. The molecule has 0 radical (unpaired) electrons. The molecule has 10 nitrogen and oxygen atoms in total. The number of piperidine rings is 1. The quantitative estimate of drug-likeness (QED) is 0.201. The number of sulfonamides is 1. The summed E-state index contributed by atoms with van der Waals surface area (Å²) in [6.07, 6.45) is 2.26. The second-order valence-corrected chi connectivity index (χ2v) is 11.7. The Morgan fingerprint density at radius 2 is 1.55 bits per heavy atom. The number of nitro groups is 1. The van der Waals surface area contributed by atoms with E-state index in [1.165, 1.54) is 23.5 Å². The molecule has 0 saturated carbocycles. The Balaban J connectivity index is 1.28. The Bertz CT molecular complexity index is 1680. The normalized spacial score (nSPS) is 15.7. The maximum Gasteiger partial charge on any atom is 0.312 e. The van der Waals surface area contributed by atoms with Crippen molar-refractivity contribution in [2.24, 2.45) is 0 Å². The second kappa shape index (κ2) is 10.3. The molecule has 2 aliphatic heterocycles. The summed E-state index contributed by atoms with van der Waals surface area (Å²) in [6.45, 7) is 0.812. The van der Waals surface area contributed by atoms with Gasteiger partial charge < -0.3 is 20.1 Å². The first-order chi connectivity index (χ1) is 19.3. The molecular weight excluding hydrogens is 532 g/mol. The van der Waals surface area contributed by atoms with Gasteiger partial charge in [0, 0.05) is 35.9 Å². The number of rotatable bonds is 7. The van der Waals surface area contributed by atoms with Gasteiger partial charge in [0.2, 0.25) is 15.8 Å². The molecule has 0 aromatic heterocycles. The van der Waals surface area contributed by atoms with Crippen molar-refractivity contribution in [2.75, 3.05) is 30.8 Å². The molecule has 1 saturated heterocycles. The maximum atomic E-state index is 13.1. The maximum absolute atomic E-state index is 13.1. The van der Waals surface area contributed by atoms with Crippen LogP contribution in [0, 0.1) is 10.1 Å². The molecule has 2 aliphatic rings. The summed E-state index contributed by atoms with van der Waals surface area (Å²) in [4.78, 5) is 11.2. The largest absolute Gasteiger partial charge is 0.493 e. The molecule has 0 unspecified atom stereocenters. The average Bonchev–Trinajstić information content (AvgIpc) is 2.98. The number of benzene rings is 4. The Morgan fingerprint density at radius 1 is 0.875 bits per heavy atom. The minimum absolute atomic E-state index is 0.0804. The minimum Gasteiger partial charge on any atom is -0.493 e. The van der Waals surface area contributed by atoms with Gasteiger partial charge in [-0.3, -0.25) is 10.1 Å². The van der Waals surface area contributed by atoms with E-state index in [2.05, 4.69) is 22.8 Å². The molecule has 11 heteroatoms. The molecular formula is C29H28N4O6S. The van der Waals surface area contributed by atoms with Gasteiger partial charge in [0.1, 0.15) is 6.17 Å². The van der Waals surface area contributed by atoms with E-state index < -0.39 is 20.6 Å². The monoisotopic (exact) mass is 560 g/mol. The molecule has 1 fully saturated rings. The first-order valence-electron chi connectivity index (χ1n) is 13.0. The van der Waals surface area contributed by atoms with E-state index in [1.54, 1.807) is 12.1 Å². The lowest BCUT2D eigenvalue weighted by molar-refractivity contribution is -0.385. The van der Waals surface area contributed by atoms with E-state index in [-0.39, 0.29) is 22.6 Å². The van der Waals surface area contributed by atoms with Crippen LogP contribution in [0.2, 0.25) is 0 Å². The molecule has 0 atom stereocenters. The van der Waals surface area contributed by atoms with Crippen LogP contribution in [-0.4, -0.2) is 37.8 Å². The predicted molar refractivity (Wildman–Crippen MR) is 153 cm³/mol. The van der Waals surface area contributed by atoms with Crippen molar-refractivity contribution in [2.45, 2.75) is 30.3 Å². The number of hydrogen-bond acceptors (Lipinski definition) is 8. The first kappa shape index (κ1) is 25.9. The fourth-order valence-corrected chi connectivity index (χ4v) is 6.84. The third-order valence-corrected chi connectivity index (χ3v) is 9.22. The zero-order valence-electron chi connectivity index (χ0n) is 21.8. The Labute approximate surface area is 231 Å². The lowest BCUT2D eigenvalue weighted by atomic mass is 10.0. The van der Waals surface area contributed by atoms with Crippen molar-refractivity contribution in [1.29, 1.82) is 0 Å². The van der Waals surface area contributed by atoms with Crippen LogP contribution in [0.3, 0.4) is 0 Å². The molecule has 4 aromatic rings. The zero-order chi connectivity index (χ0) is 27.9. The molecule has 0 bridgehead atoms. The van der Waals surface area contributed by atoms with Gasteiger partial charge in [-0.1, -0.05) is 36.8 Å². The van der Waals surface area contributed by atoms with E-state index in [0.29, 0.717) is 18.8 Å². The Morgan fingerprint density at radius 3 is 2.20 bits per heavy atom. The van der Waals surface area contributed by atoms with Crippen molar-refractivity contribution in [3.05, 3.63) is 88.5 Å². The van der Waals surface area contributed by atoms with Crippen molar-refractivity contribution >= 4 is 37.9 Å². The fourth-order valence-electron chi connectivity index (χ4n) is 5.30. The number of nitro benzene ring substituents is 1. The van der Waals surface area contributed by atoms with Crippen LogP contribution >= 0.6 is 0 Å². The number of nitrogens with one attached hydrogen (secondary N) is 2. The molecule has 0 aliphatic carbocycles. The summed E-state index contributed by atoms with van der Waals surface area (Å²) < 4.78 is 39.1. The van der Waals surface area contributed by atoms with E-state index in [0.717, 1.165) is 53.0 Å². The highest BCUT2D eigenvalue weighted by atomic mass is 32.2. The van der Waals surface area contributed by atoms with Gasteiger partial charge in [0.15, 0.2) is 11.5 Å². The Kier molecular flexibility index (Phi) is 6.68. The molecule has 2 heterocycles. The van der Waals surface area contributed by atoms with Gasteiger partial charge in [-0.2, -0.15) is 4.31 Å². The van der Waals surface area contributed by atoms with Gasteiger partial charge >= 0.3 is 5.69 Å². The van der Waals surface area contributed by atoms with Crippen LogP contribution in [0.1, 0.15) is 31.0 Å². The van der Waals surface area contributed by atoms with Crippen molar-refractivity contribution < 1.29 is 22.8 Å². The number of ether oxygens (including phenoxy) is 2. The SMILES string of the molecule is COc1cc(C2Nc3cccc4cccc(c34)N2)ccc1Oc1ccc(S(=O)(=O)N2CCCCC2)cc1[N+](=O)[O-]. The molecule has 40 heavy (non-hydrogen) atoms. The number of hydrogen-bond donors (Lipinski definition) is 2. The smallest absolute Gasteiger partial charge is 0.312 e. The first-order valence-corrected chi connectivity index (χ1v) is 14.5. The summed E-state index contributed by atoms with van der Waals surface area (Å²) >= 11 is 0. The van der Waals surface area contributed by atoms with Crippen LogP contribution in [-0.2, 0) is 10.0 Å². The average molecular weight is 561 g/mol. The topological polar surface area (TPSA) is 123 Å². The van der Waals surface area contributed by atoms with Gasteiger partial charge in [0.05, 0.1) is 16.9 Å². The second-order valence-electron chi connectivity index (χ2n) is 9.79. The van der Waals surface area contributed by atoms with E-state index >= 15 is 0 Å². The van der Waals surface area contributed by atoms with E-state index in [1.807, 2.05) is 30.3 Å². The number of methoxy groups -OCH3 is 1. The van der Waals surface area contributed by atoms with Crippen molar-refractivity contribution in [3.63, 3.8) is 0 Å². The molecule has 4 aromatic carbocycles. The Hall–Kier alpha value is -4.35. The summed E-state index contributed by atoms with van der Waals surface area (Å²) in [5, 5.41) is 21.2. The van der Waals surface area contributed by atoms with Crippen molar-refractivity contribution in [1.82, 2.24) is 4.31 Å². The van der Waals surface area contributed by atoms with Gasteiger partial charge in [-0.15, -0.1) is 0 Å². The summed E-state index contributed by atoms with van der Waals surface area (Å²) in [5.74, 6) is 0.556. The van der Waals surface area contributed by atoms with Gasteiger partial charge in [-0.25, -0.2) is 8.42 Å². The molecule has 206 valence electrons. The number of anilines is 2. The number of nitrogens with zero attached hydrogens (tertiary/aromatic N) is 2. The molecule has 2 N–H and O–H groups in total. The third-order valence-electron chi connectivity index (χ3n) is 7.33. The highest BCUT2D eigenvalue weighted by molar-refractivity contribution is 7.89. The fraction of sp³-hybridized carbons (Fsp3) is 0.241. The van der Waals surface area contributed by atoms with E-state index in [4.69, 9.17) is 9.47 Å². The van der Waals surface area contributed by atoms with E-state index in [9.17, 15) is 18.5 Å². The molecule has 0 amide bonds. The minimum atomic E-state index is -3.84. The third kappa shape index (κ3) is 4.67. The lowest BCUT2D eigenvalue weighted by Gasteiger charge is -2.30. The van der Waals surface area contributed by atoms with Crippen LogP contribution in [0.15, 0.2) is 77.7 Å². The summed E-state index contributed by atoms with van der Waals surface area (Å²) in [6, 6.07) is 21.3. The van der Waals surface area contributed by atoms with Crippen LogP contribution in [0.4, 0.5) is 17.1 Å². The molecule has 6 rings (SSSR count). The highest BCUT2D eigenvalue weighted by Gasteiger charge is 2.29. The standard InChI is InChI=1S/C29H28N4O6S/c1-38-27-17-20(29-30-22-9-5-7-19-8-6-10-23(31-29)28(19)22)11-13-26(27)39-25-14-12-21(18-24(25)33(34)35)40(36,37)32-15-3-2-4-16-32/h5-14,17-18,29-31H,2-4,15-16H2,1H3.